The molecule has 178 valence electrons. The molecule has 2 heterocycles. The molecule has 1 amide bonds. The van der Waals surface area contributed by atoms with Crippen molar-refractivity contribution in [2.24, 2.45) is 0 Å². The Bertz CT molecular complexity index is 1220. The maximum absolute atomic E-state index is 13.0. The Morgan fingerprint density at radius 1 is 0.971 bits per heavy atom. The summed E-state index contributed by atoms with van der Waals surface area (Å²) in [6, 6.07) is 15.7. The monoisotopic (exact) mass is 471 g/mol. The van der Waals surface area contributed by atoms with Crippen molar-refractivity contribution in [2.45, 2.75) is 19.6 Å². The van der Waals surface area contributed by atoms with Gasteiger partial charge in [0.15, 0.2) is 0 Å². The minimum atomic E-state index is -4.52. The van der Waals surface area contributed by atoms with Crippen LogP contribution in [-0.2, 0) is 17.5 Å². The zero-order chi connectivity index (χ0) is 24.3. The molecule has 0 saturated carbocycles. The molecule has 2 aromatic carbocycles. The Hall–Kier alpha value is -3.82. The summed E-state index contributed by atoms with van der Waals surface area (Å²) >= 11 is 0. The highest BCUT2D eigenvalue weighted by Gasteiger charge is 2.30. The third-order valence-corrected chi connectivity index (χ3v) is 5.58. The summed E-state index contributed by atoms with van der Waals surface area (Å²) in [5, 5.41) is 2.45. The predicted octanol–water partition coefficient (Wildman–Crippen LogP) is 3.54. The van der Waals surface area contributed by atoms with Gasteiger partial charge in [-0.2, -0.15) is 13.2 Å². The number of amides is 1. The molecule has 4 rings (SSSR count). The van der Waals surface area contributed by atoms with Crippen LogP contribution in [0.5, 0.6) is 0 Å². The number of carbonyl (C=O) groups excluding carboxylic acids is 1. The maximum Gasteiger partial charge on any atom is 0.416 e. The normalized spacial score (nSPS) is 14.2. The summed E-state index contributed by atoms with van der Waals surface area (Å²) in [5.41, 5.74) is 0.381. The van der Waals surface area contributed by atoms with E-state index in [9.17, 15) is 22.8 Å². The summed E-state index contributed by atoms with van der Waals surface area (Å²) in [4.78, 5) is 34.0. The zero-order valence-electron chi connectivity index (χ0n) is 18.5. The molecule has 0 unspecified atom stereocenters. The molecule has 0 atom stereocenters. The van der Waals surface area contributed by atoms with Gasteiger partial charge in [0.1, 0.15) is 6.54 Å². The Morgan fingerprint density at radius 3 is 2.32 bits per heavy atom. The summed E-state index contributed by atoms with van der Waals surface area (Å²) in [6.45, 7) is 3.96. The lowest BCUT2D eigenvalue weighted by Crippen LogP contribution is -2.48. The van der Waals surface area contributed by atoms with Gasteiger partial charge in [-0.15, -0.1) is 0 Å². The van der Waals surface area contributed by atoms with Gasteiger partial charge in [-0.3, -0.25) is 14.2 Å². The van der Waals surface area contributed by atoms with Crippen LogP contribution in [0, 0.1) is 6.92 Å². The van der Waals surface area contributed by atoms with E-state index < -0.39 is 23.2 Å². The van der Waals surface area contributed by atoms with Crippen molar-refractivity contribution in [2.75, 3.05) is 41.3 Å². The van der Waals surface area contributed by atoms with Crippen molar-refractivity contribution < 1.29 is 18.0 Å². The van der Waals surface area contributed by atoms with E-state index in [0.717, 1.165) is 17.8 Å². The Labute approximate surface area is 194 Å². The van der Waals surface area contributed by atoms with Gasteiger partial charge < -0.3 is 15.1 Å². The number of aryl methyl sites for hydroxylation is 1. The molecule has 1 saturated heterocycles. The molecular formula is C24H24F3N5O2. The molecule has 1 aliphatic heterocycles. The van der Waals surface area contributed by atoms with Crippen LogP contribution in [-0.4, -0.2) is 41.6 Å². The van der Waals surface area contributed by atoms with Crippen molar-refractivity contribution in [3.63, 3.8) is 0 Å². The molecule has 10 heteroatoms. The Balaban J connectivity index is 1.50. The van der Waals surface area contributed by atoms with E-state index in [-0.39, 0.29) is 12.2 Å². The number of piperazine rings is 1. The number of anilines is 3. The Kier molecular flexibility index (Phi) is 6.58. The van der Waals surface area contributed by atoms with Crippen LogP contribution in [0.25, 0.3) is 0 Å². The lowest BCUT2D eigenvalue weighted by atomic mass is 10.2. The minimum Gasteiger partial charge on any atom is -0.368 e. The second kappa shape index (κ2) is 9.58. The molecule has 0 spiro atoms. The third-order valence-electron chi connectivity index (χ3n) is 5.58. The fraction of sp³-hybridized carbons (Fsp3) is 0.292. The molecule has 0 aliphatic carbocycles. The van der Waals surface area contributed by atoms with E-state index >= 15 is 0 Å². The first-order chi connectivity index (χ1) is 16.2. The predicted molar refractivity (Wildman–Crippen MR) is 124 cm³/mol. The van der Waals surface area contributed by atoms with Crippen LogP contribution in [0.15, 0.2) is 65.5 Å². The van der Waals surface area contributed by atoms with Gasteiger partial charge in [0.05, 0.1) is 5.56 Å². The van der Waals surface area contributed by atoms with E-state index in [1.807, 2.05) is 35.2 Å². The van der Waals surface area contributed by atoms with Crippen LogP contribution in [0.3, 0.4) is 0 Å². The highest BCUT2D eigenvalue weighted by atomic mass is 19.4. The first-order valence-electron chi connectivity index (χ1n) is 10.8. The largest absolute Gasteiger partial charge is 0.416 e. The van der Waals surface area contributed by atoms with Gasteiger partial charge in [0.2, 0.25) is 11.9 Å². The summed E-state index contributed by atoms with van der Waals surface area (Å²) in [5.74, 6) is -0.242. The average Bonchev–Trinajstić information content (AvgIpc) is 2.81. The molecule has 0 bridgehead atoms. The van der Waals surface area contributed by atoms with Crippen molar-refractivity contribution in [3.05, 3.63) is 82.3 Å². The van der Waals surface area contributed by atoms with Gasteiger partial charge in [-0.1, -0.05) is 24.3 Å². The molecule has 1 N–H and O–H groups in total. The van der Waals surface area contributed by atoms with Crippen LogP contribution in [0.2, 0.25) is 0 Å². The van der Waals surface area contributed by atoms with E-state index in [4.69, 9.17) is 0 Å². The van der Waals surface area contributed by atoms with Crippen molar-refractivity contribution in [1.82, 2.24) is 9.55 Å². The second-order valence-corrected chi connectivity index (χ2v) is 8.06. The maximum atomic E-state index is 13.0. The molecule has 1 fully saturated rings. The van der Waals surface area contributed by atoms with Gasteiger partial charge >= 0.3 is 6.18 Å². The number of para-hydroxylation sites is 1. The number of nitrogens with zero attached hydrogens (tertiary/aromatic N) is 4. The summed E-state index contributed by atoms with van der Waals surface area (Å²) in [6.07, 6.45) is -4.52. The van der Waals surface area contributed by atoms with Crippen LogP contribution < -0.4 is 20.7 Å². The van der Waals surface area contributed by atoms with Crippen LogP contribution in [0.1, 0.15) is 11.3 Å². The molecule has 3 aromatic rings. The molecule has 0 radical (unpaired) electrons. The third kappa shape index (κ3) is 5.38. The number of hydrogen-bond donors (Lipinski definition) is 1. The van der Waals surface area contributed by atoms with Crippen LogP contribution >= 0.6 is 0 Å². The van der Waals surface area contributed by atoms with E-state index in [0.29, 0.717) is 37.8 Å². The number of aromatic nitrogens is 2. The molecule has 34 heavy (non-hydrogen) atoms. The molecule has 1 aromatic heterocycles. The second-order valence-electron chi connectivity index (χ2n) is 8.06. The molecule has 1 aliphatic rings. The number of benzene rings is 2. The fourth-order valence-corrected chi connectivity index (χ4v) is 3.92. The molecule has 7 nitrogen and oxygen atoms in total. The van der Waals surface area contributed by atoms with Crippen molar-refractivity contribution in [1.29, 1.82) is 0 Å². The number of hydrogen-bond acceptors (Lipinski definition) is 5. The number of nitrogens with one attached hydrogen (secondary N) is 1. The summed E-state index contributed by atoms with van der Waals surface area (Å²) in [7, 11) is 0. The van der Waals surface area contributed by atoms with Gasteiger partial charge in [0.25, 0.3) is 5.56 Å². The lowest BCUT2D eigenvalue weighted by molar-refractivity contribution is -0.137. The minimum absolute atomic E-state index is 0.00553. The SMILES string of the molecule is Cc1cc(=O)n(CC(=O)Nc2cccc(C(F)(F)F)c2)c(N2CCN(c3ccccc3)CC2)n1. The van der Waals surface area contributed by atoms with Gasteiger partial charge in [-0.25, -0.2) is 4.98 Å². The van der Waals surface area contributed by atoms with E-state index in [2.05, 4.69) is 15.2 Å². The highest BCUT2D eigenvalue weighted by molar-refractivity contribution is 5.90. The lowest BCUT2D eigenvalue weighted by Gasteiger charge is -2.37. The number of alkyl halides is 3. The van der Waals surface area contributed by atoms with Gasteiger partial charge in [0, 0.05) is 49.3 Å². The first kappa shape index (κ1) is 23.3. The van der Waals surface area contributed by atoms with Crippen molar-refractivity contribution >= 4 is 23.2 Å². The number of halogens is 3. The van der Waals surface area contributed by atoms with E-state index in [1.54, 1.807) is 6.92 Å². The van der Waals surface area contributed by atoms with E-state index in [1.165, 1.54) is 22.8 Å². The van der Waals surface area contributed by atoms with Crippen molar-refractivity contribution in [3.8, 4) is 0 Å². The van der Waals surface area contributed by atoms with Gasteiger partial charge in [-0.05, 0) is 37.3 Å². The summed E-state index contributed by atoms with van der Waals surface area (Å²) < 4.78 is 40.1. The Morgan fingerprint density at radius 2 is 1.65 bits per heavy atom. The average molecular weight is 471 g/mol. The topological polar surface area (TPSA) is 70.5 Å². The fourth-order valence-electron chi connectivity index (χ4n) is 3.92. The quantitative estimate of drug-likeness (QED) is 0.617. The zero-order valence-corrected chi connectivity index (χ0v) is 18.5. The van der Waals surface area contributed by atoms with Crippen LogP contribution in [0.4, 0.5) is 30.5 Å². The number of carbonyl (C=O) groups is 1. The first-order valence-corrected chi connectivity index (χ1v) is 10.8. The smallest absolute Gasteiger partial charge is 0.368 e. The highest BCUT2D eigenvalue weighted by Crippen LogP contribution is 2.30. The molecular weight excluding hydrogens is 447 g/mol. The standard InChI is InChI=1S/C24H24F3N5O2/c1-17-14-22(34)32(16-21(33)29-19-7-5-6-18(15-19)24(25,26)27)23(28-17)31-12-10-30(11-13-31)20-8-3-2-4-9-20/h2-9,14-15H,10-13,16H2,1H3,(H,29,33). The number of rotatable bonds is 5.